The van der Waals surface area contributed by atoms with Gasteiger partial charge in [-0.25, -0.2) is 0 Å². The predicted octanol–water partition coefficient (Wildman–Crippen LogP) is 0.976. The first-order valence-electron chi connectivity index (χ1n) is 6.08. The van der Waals surface area contributed by atoms with E-state index >= 15 is 0 Å². The van der Waals surface area contributed by atoms with Crippen LogP contribution < -0.4 is 14.8 Å². The molecular formula is C13H15NO4. The summed E-state index contributed by atoms with van der Waals surface area (Å²) in [7, 11) is 0. The molecule has 3 rings (SSSR count). The molecule has 0 amide bonds. The van der Waals surface area contributed by atoms with E-state index < -0.39 is 0 Å². The second-order valence-electron chi connectivity index (χ2n) is 4.39. The molecule has 0 radical (unpaired) electrons. The molecule has 1 aromatic carbocycles. The first kappa shape index (κ1) is 11.5. The van der Waals surface area contributed by atoms with Crippen LogP contribution in [0.5, 0.6) is 11.5 Å². The monoisotopic (exact) mass is 249 g/mol. The first-order valence-corrected chi connectivity index (χ1v) is 6.08. The second kappa shape index (κ2) is 4.96. The molecule has 2 aliphatic rings. The fourth-order valence-corrected chi connectivity index (χ4v) is 2.15. The van der Waals surface area contributed by atoms with Crippen LogP contribution in [0.1, 0.15) is 16.8 Å². The van der Waals surface area contributed by atoms with Gasteiger partial charge in [0, 0.05) is 25.1 Å². The third kappa shape index (κ3) is 2.32. The van der Waals surface area contributed by atoms with E-state index in [1.54, 1.807) is 18.2 Å². The standard InChI is InChI=1S/C13H15NO4/c15-11(6-10-7-14-3-4-16-10)9-1-2-12-13(5-9)18-8-17-12/h1-2,5,10,14H,3-4,6-8H2. The molecule has 5 heteroatoms. The minimum absolute atomic E-state index is 0.0309. The van der Waals surface area contributed by atoms with Gasteiger partial charge in [0.1, 0.15) is 0 Å². The minimum Gasteiger partial charge on any atom is -0.454 e. The molecule has 0 spiro atoms. The summed E-state index contributed by atoms with van der Waals surface area (Å²) in [6.07, 6.45) is 0.365. The highest BCUT2D eigenvalue weighted by Crippen LogP contribution is 2.32. The molecule has 0 aliphatic carbocycles. The number of hydrogen-bond acceptors (Lipinski definition) is 5. The van der Waals surface area contributed by atoms with Crippen molar-refractivity contribution in [1.82, 2.24) is 5.32 Å². The maximum absolute atomic E-state index is 12.1. The molecule has 5 nitrogen and oxygen atoms in total. The maximum atomic E-state index is 12.1. The summed E-state index contributed by atoms with van der Waals surface area (Å²) in [4.78, 5) is 12.1. The smallest absolute Gasteiger partial charge is 0.231 e. The molecule has 2 heterocycles. The Hall–Kier alpha value is -1.59. The van der Waals surface area contributed by atoms with Crippen molar-refractivity contribution in [3.8, 4) is 11.5 Å². The van der Waals surface area contributed by atoms with Crippen LogP contribution in [0.25, 0.3) is 0 Å². The Morgan fingerprint density at radius 2 is 2.22 bits per heavy atom. The average Bonchev–Trinajstić information content (AvgIpc) is 2.87. The van der Waals surface area contributed by atoms with Crippen LogP contribution in [-0.2, 0) is 4.74 Å². The molecule has 1 N–H and O–H groups in total. The lowest BCUT2D eigenvalue weighted by molar-refractivity contribution is 0.0240. The normalized spacial score (nSPS) is 21.9. The molecule has 0 aromatic heterocycles. The highest BCUT2D eigenvalue weighted by atomic mass is 16.7. The summed E-state index contributed by atoms with van der Waals surface area (Å²) in [6.45, 7) is 2.48. The van der Waals surface area contributed by atoms with Gasteiger partial charge in [0.25, 0.3) is 0 Å². The number of benzene rings is 1. The quantitative estimate of drug-likeness (QED) is 0.809. The van der Waals surface area contributed by atoms with E-state index in [1.165, 1.54) is 0 Å². The first-order chi connectivity index (χ1) is 8.83. The summed E-state index contributed by atoms with van der Waals surface area (Å²) < 4.78 is 16.0. The number of carbonyl (C=O) groups excluding carboxylic acids is 1. The summed E-state index contributed by atoms with van der Waals surface area (Å²) in [5.74, 6) is 1.41. The largest absolute Gasteiger partial charge is 0.454 e. The number of nitrogens with one attached hydrogen (secondary N) is 1. The Kier molecular flexibility index (Phi) is 3.17. The Labute approximate surface area is 105 Å². The molecular weight excluding hydrogens is 234 g/mol. The zero-order valence-corrected chi connectivity index (χ0v) is 9.98. The van der Waals surface area contributed by atoms with Crippen molar-refractivity contribution in [2.75, 3.05) is 26.5 Å². The van der Waals surface area contributed by atoms with Gasteiger partial charge in [0.2, 0.25) is 6.79 Å². The molecule has 1 atom stereocenters. The van der Waals surface area contributed by atoms with Crippen molar-refractivity contribution < 1.29 is 19.0 Å². The number of ketones is 1. The lowest BCUT2D eigenvalue weighted by atomic mass is 10.0. The van der Waals surface area contributed by atoms with Gasteiger partial charge in [0.15, 0.2) is 17.3 Å². The van der Waals surface area contributed by atoms with E-state index in [1.807, 2.05) is 0 Å². The summed E-state index contributed by atoms with van der Waals surface area (Å²) >= 11 is 0. The van der Waals surface area contributed by atoms with Crippen LogP contribution in [0, 0.1) is 0 Å². The number of ether oxygens (including phenoxy) is 3. The number of hydrogen-bond donors (Lipinski definition) is 1. The van der Waals surface area contributed by atoms with Crippen molar-refractivity contribution in [2.45, 2.75) is 12.5 Å². The van der Waals surface area contributed by atoms with E-state index in [4.69, 9.17) is 14.2 Å². The maximum Gasteiger partial charge on any atom is 0.231 e. The Bertz CT molecular complexity index is 454. The Balaban J connectivity index is 1.68. The van der Waals surface area contributed by atoms with Crippen molar-refractivity contribution in [3.05, 3.63) is 23.8 Å². The molecule has 1 saturated heterocycles. The van der Waals surface area contributed by atoms with E-state index in [0.29, 0.717) is 30.1 Å². The fraction of sp³-hybridized carbons (Fsp3) is 0.462. The van der Waals surface area contributed by atoms with Crippen LogP contribution in [0.2, 0.25) is 0 Å². The van der Waals surface area contributed by atoms with Crippen LogP contribution in [0.4, 0.5) is 0 Å². The van der Waals surface area contributed by atoms with Crippen LogP contribution in [0.3, 0.4) is 0 Å². The number of carbonyl (C=O) groups is 1. The van der Waals surface area contributed by atoms with Gasteiger partial charge in [-0.3, -0.25) is 4.79 Å². The van der Waals surface area contributed by atoms with Crippen LogP contribution in [-0.4, -0.2) is 38.4 Å². The number of fused-ring (bicyclic) bond motifs is 1. The topological polar surface area (TPSA) is 56.8 Å². The SMILES string of the molecule is O=C(CC1CNCCO1)c1ccc2c(c1)OCO2. The molecule has 1 fully saturated rings. The van der Waals surface area contributed by atoms with Gasteiger partial charge >= 0.3 is 0 Å². The lowest BCUT2D eigenvalue weighted by Gasteiger charge is -2.22. The third-order valence-corrected chi connectivity index (χ3v) is 3.11. The second-order valence-corrected chi connectivity index (χ2v) is 4.39. The highest BCUT2D eigenvalue weighted by Gasteiger charge is 2.20. The van der Waals surface area contributed by atoms with Gasteiger partial charge in [-0.1, -0.05) is 0 Å². The predicted molar refractivity (Wildman–Crippen MR) is 64.1 cm³/mol. The van der Waals surface area contributed by atoms with Gasteiger partial charge in [0.05, 0.1) is 12.7 Å². The van der Waals surface area contributed by atoms with E-state index in [0.717, 1.165) is 13.1 Å². The molecule has 1 unspecified atom stereocenters. The summed E-state index contributed by atoms with van der Waals surface area (Å²) in [5, 5.41) is 3.21. The Morgan fingerprint density at radius 3 is 3.06 bits per heavy atom. The van der Waals surface area contributed by atoms with Gasteiger partial charge in [-0.2, -0.15) is 0 Å². The van der Waals surface area contributed by atoms with Crippen LogP contribution >= 0.6 is 0 Å². The van der Waals surface area contributed by atoms with Crippen LogP contribution in [0.15, 0.2) is 18.2 Å². The zero-order valence-electron chi connectivity index (χ0n) is 9.98. The molecule has 18 heavy (non-hydrogen) atoms. The number of morpholine rings is 1. The van der Waals surface area contributed by atoms with Crippen molar-refractivity contribution >= 4 is 5.78 Å². The van der Waals surface area contributed by atoms with Gasteiger partial charge in [-0.15, -0.1) is 0 Å². The van der Waals surface area contributed by atoms with Gasteiger partial charge < -0.3 is 19.5 Å². The van der Waals surface area contributed by atoms with Crippen molar-refractivity contribution in [1.29, 1.82) is 0 Å². The minimum atomic E-state index is -0.0309. The van der Waals surface area contributed by atoms with Gasteiger partial charge in [-0.05, 0) is 18.2 Å². The van der Waals surface area contributed by atoms with E-state index in [9.17, 15) is 4.79 Å². The van der Waals surface area contributed by atoms with Crippen molar-refractivity contribution in [2.24, 2.45) is 0 Å². The molecule has 2 aliphatic heterocycles. The Morgan fingerprint density at radius 1 is 1.33 bits per heavy atom. The summed E-state index contributed by atoms with van der Waals surface area (Å²) in [5.41, 5.74) is 0.647. The summed E-state index contributed by atoms with van der Waals surface area (Å²) in [6, 6.07) is 5.28. The fourth-order valence-electron chi connectivity index (χ4n) is 2.15. The zero-order chi connectivity index (χ0) is 12.4. The molecule has 0 bridgehead atoms. The van der Waals surface area contributed by atoms with E-state index in [2.05, 4.69) is 5.32 Å². The molecule has 96 valence electrons. The van der Waals surface area contributed by atoms with E-state index in [-0.39, 0.29) is 18.7 Å². The number of Topliss-reactive ketones (excluding diaryl/α,β-unsaturated/α-hetero) is 1. The molecule has 1 aromatic rings. The average molecular weight is 249 g/mol. The third-order valence-electron chi connectivity index (χ3n) is 3.11. The van der Waals surface area contributed by atoms with Crippen molar-refractivity contribution in [3.63, 3.8) is 0 Å². The highest BCUT2D eigenvalue weighted by molar-refractivity contribution is 5.97. The number of rotatable bonds is 3. The lowest BCUT2D eigenvalue weighted by Crippen LogP contribution is -2.39. The molecule has 0 saturated carbocycles.